The third-order valence-electron chi connectivity index (χ3n) is 4.14. The summed E-state index contributed by atoms with van der Waals surface area (Å²) in [4.78, 5) is 18.0. The fourth-order valence-corrected chi connectivity index (χ4v) is 3.39. The van der Waals surface area contributed by atoms with Crippen LogP contribution >= 0.6 is 0 Å². The Bertz CT molecular complexity index is 406. The van der Waals surface area contributed by atoms with Crippen LogP contribution in [0.2, 0.25) is 0 Å². The van der Waals surface area contributed by atoms with E-state index in [0.717, 1.165) is 25.9 Å². The highest BCUT2D eigenvalue weighted by molar-refractivity contribution is 5.60. The predicted octanol–water partition coefficient (Wildman–Crippen LogP) is 2.91. The minimum absolute atomic E-state index is 0.130. The molecule has 3 heteroatoms. The molecule has 1 fully saturated rings. The second kappa shape index (κ2) is 6.29. The van der Waals surface area contributed by atoms with Crippen molar-refractivity contribution in [1.29, 1.82) is 0 Å². The van der Waals surface area contributed by atoms with Gasteiger partial charge in [0, 0.05) is 30.9 Å². The summed E-state index contributed by atoms with van der Waals surface area (Å²) in [6.45, 7) is 3.98. The normalized spacial score (nSPS) is 27.4. The Morgan fingerprint density at radius 2 is 2.42 bits per heavy atom. The maximum absolute atomic E-state index is 11.6. The largest absolute Gasteiger partial charge is 0.303 e. The fourth-order valence-electron chi connectivity index (χ4n) is 3.39. The Labute approximate surface area is 116 Å². The number of carbonyl (C=O) groups excluding carboxylic acids is 1. The Morgan fingerprint density at radius 3 is 3.05 bits per heavy atom. The van der Waals surface area contributed by atoms with Gasteiger partial charge in [0.2, 0.25) is 0 Å². The first kappa shape index (κ1) is 14.2. The van der Waals surface area contributed by atoms with Crippen LogP contribution in [0.25, 0.3) is 0 Å². The van der Waals surface area contributed by atoms with Crippen LogP contribution in [0, 0.1) is 11.3 Å². The second-order valence-corrected chi connectivity index (χ2v) is 6.22. The average Bonchev–Trinajstić information content (AvgIpc) is 2.39. The molecule has 1 aromatic heterocycles. The number of hydrogen-bond acceptors (Lipinski definition) is 3. The van der Waals surface area contributed by atoms with Gasteiger partial charge in [-0.15, -0.1) is 0 Å². The van der Waals surface area contributed by atoms with Gasteiger partial charge in [-0.25, -0.2) is 0 Å². The number of nitrogens with zero attached hydrogens (tertiary/aromatic N) is 2. The van der Waals surface area contributed by atoms with E-state index in [1.54, 1.807) is 6.20 Å². The molecule has 0 aromatic carbocycles. The number of aldehydes is 1. The van der Waals surface area contributed by atoms with Gasteiger partial charge in [0.15, 0.2) is 0 Å². The lowest BCUT2D eigenvalue weighted by atomic mass is 9.71. The van der Waals surface area contributed by atoms with Crippen LogP contribution < -0.4 is 0 Å². The van der Waals surface area contributed by atoms with Crippen molar-refractivity contribution in [2.24, 2.45) is 11.3 Å². The van der Waals surface area contributed by atoms with Gasteiger partial charge in [-0.3, -0.25) is 4.98 Å². The number of pyridine rings is 1. The van der Waals surface area contributed by atoms with Crippen molar-refractivity contribution in [3.05, 3.63) is 30.1 Å². The Kier molecular flexibility index (Phi) is 4.70. The Morgan fingerprint density at radius 1 is 1.58 bits per heavy atom. The first-order valence-corrected chi connectivity index (χ1v) is 7.17. The third kappa shape index (κ3) is 3.87. The molecule has 1 heterocycles. The number of aromatic nitrogens is 1. The molecule has 1 aliphatic rings. The Hall–Kier alpha value is -1.22. The minimum atomic E-state index is -0.130. The molecule has 2 unspecified atom stereocenters. The van der Waals surface area contributed by atoms with Gasteiger partial charge >= 0.3 is 0 Å². The van der Waals surface area contributed by atoms with Crippen molar-refractivity contribution >= 4 is 6.29 Å². The quantitative estimate of drug-likeness (QED) is 0.763. The van der Waals surface area contributed by atoms with E-state index in [9.17, 15) is 4.79 Å². The summed E-state index contributed by atoms with van der Waals surface area (Å²) in [5.74, 6) is 0.672. The van der Waals surface area contributed by atoms with E-state index in [1.165, 1.54) is 24.7 Å². The maximum atomic E-state index is 11.6. The van der Waals surface area contributed by atoms with E-state index >= 15 is 0 Å². The van der Waals surface area contributed by atoms with Crippen molar-refractivity contribution in [2.45, 2.75) is 39.2 Å². The molecule has 0 bridgehead atoms. The van der Waals surface area contributed by atoms with Crippen LogP contribution in [0.4, 0.5) is 0 Å². The first-order chi connectivity index (χ1) is 9.13. The van der Waals surface area contributed by atoms with Gasteiger partial charge in [-0.2, -0.15) is 0 Å². The highest BCUT2D eigenvalue weighted by Gasteiger charge is 2.35. The predicted molar refractivity (Wildman–Crippen MR) is 76.7 cm³/mol. The van der Waals surface area contributed by atoms with Crippen molar-refractivity contribution < 1.29 is 4.79 Å². The van der Waals surface area contributed by atoms with Gasteiger partial charge in [-0.05, 0) is 37.4 Å². The van der Waals surface area contributed by atoms with Gasteiger partial charge in [0.1, 0.15) is 6.29 Å². The van der Waals surface area contributed by atoms with E-state index in [4.69, 9.17) is 0 Å². The van der Waals surface area contributed by atoms with Crippen LogP contribution in [-0.2, 0) is 11.3 Å². The van der Waals surface area contributed by atoms with Crippen LogP contribution in [0.3, 0.4) is 0 Å². The standard InChI is InChI=1S/C16H24N2O/c1-14-5-3-7-16(9-14,13-19)12-18(2)11-15-6-4-8-17-10-15/h4,6,8,10,13-14H,3,5,7,9,11-12H2,1-2H3. The number of rotatable bonds is 5. The molecule has 0 amide bonds. The zero-order valence-corrected chi connectivity index (χ0v) is 12.0. The number of carbonyl (C=O) groups is 1. The minimum Gasteiger partial charge on any atom is -0.303 e. The molecular formula is C16H24N2O. The fraction of sp³-hybridized carbons (Fsp3) is 0.625. The smallest absolute Gasteiger partial charge is 0.127 e. The molecule has 0 spiro atoms. The zero-order chi connectivity index (χ0) is 13.7. The van der Waals surface area contributed by atoms with E-state index in [0.29, 0.717) is 5.92 Å². The molecular weight excluding hydrogens is 236 g/mol. The van der Waals surface area contributed by atoms with Crippen LogP contribution in [0.1, 0.15) is 38.2 Å². The lowest BCUT2D eigenvalue weighted by Gasteiger charge is -2.38. The molecule has 3 nitrogen and oxygen atoms in total. The van der Waals surface area contributed by atoms with Gasteiger partial charge in [-0.1, -0.05) is 25.8 Å². The average molecular weight is 260 g/mol. The van der Waals surface area contributed by atoms with E-state index in [2.05, 4.69) is 29.9 Å². The molecule has 1 aliphatic carbocycles. The molecule has 1 saturated carbocycles. The molecule has 104 valence electrons. The highest BCUT2D eigenvalue weighted by atomic mass is 16.1. The molecule has 2 rings (SSSR count). The zero-order valence-electron chi connectivity index (χ0n) is 12.0. The monoisotopic (exact) mass is 260 g/mol. The SMILES string of the molecule is CC1CCCC(C=O)(CN(C)Cc2cccnc2)C1. The number of hydrogen-bond donors (Lipinski definition) is 0. The van der Waals surface area contributed by atoms with E-state index < -0.39 is 0 Å². The summed E-state index contributed by atoms with van der Waals surface area (Å²) in [6, 6.07) is 4.04. The lowest BCUT2D eigenvalue weighted by Crippen LogP contribution is -2.40. The van der Waals surface area contributed by atoms with Crippen molar-refractivity contribution in [3.8, 4) is 0 Å². The summed E-state index contributed by atoms with van der Waals surface area (Å²) >= 11 is 0. The Balaban J connectivity index is 1.96. The van der Waals surface area contributed by atoms with Crippen molar-refractivity contribution in [3.63, 3.8) is 0 Å². The summed E-state index contributed by atoms with van der Waals surface area (Å²) in [6.07, 6.45) is 9.42. The van der Waals surface area contributed by atoms with Crippen LogP contribution in [-0.4, -0.2) is 29.8 Å². The molecule has 19 heavy (non-hydrogen) atoms. The van der Waals surface area contributed by atoms with Gasteiger partial charge in [0.05, 0.1) is 0 Å². The molecule has 0 N–H and O–H groups in total. The molecule has 0 saturated heterocycles. The molecule has 2 atom stereocenters. The van der Waals surface area contributed by atoms with E-state index in [1.807, 2.05) is 12.3 Å². The van der Waals surface area contributed by atoms with Crippen LogP contribution in [0.15, 0.2) is 24.5 Å². The van der Waals surface area contributed by atoms with Crippen LogP contribution in [0.5, 0.6) is 0 Å². The van der Waals surface area contributed by atoms with Gasteiger partial charge in [0.25, 0.3) is 0 Å². The summed E-state index contributed by atoms with van der Waals surface area (Å²) < 4.78 is 0. The summed E-state index contributed by atoms with van der Waals surface area (Å²) in [5.41, 5.74) is 1.07. The summed E-state index contributed by atoms with van der Waals surface area (Å²) in [7, 11) is 2.09. The van der Waals surface area contributed by atoms with Crippen molar-refractivity contribution in [1.82, 2.24) is 9.88 Å². The second-order valence-electron chi connectivity index (χ2n) is 6.22. The molecule has 1 aromatic rings. The lowest BCUT2D eigenvalue weighted by molar-refractivity contribution is -0.119. The van der Waals surface area contributed by atoms with E-state index in [-0.39, 0.29) is 5.41 Å². The molecule has 0 radical (unpaired) electrons. The van der Waals surface area contributed by atoms with Crippen molar-refractivity contribution in [2.75, 3.05) is 13.6 Å². The highest BCUT2D eigenvalue weighted by Crippen LogP contribution is 2.38. The molecule has 0 aliphatic heterocycles. The maximum Gasteiger partial charge on any atom is 0.127 e. The topological polar surface area (TPSA) is 33.2 Å². The first-order valence-electron chi connectivity index (χ1n) is 7.17. The summed E-state index contributed by atoms with van der Waals surface area (Å²) in [5, 5.41) is 0. The third-order valence-corrected chi connectivity index (χ3v) is 4.14. The van der Waals surface area contributed by atoms with Gasteiger partial charge < -0.3 is 9.69 Å².